The number of carbonyl (C=O) groups excluding carboxylic acids is 2. The first-order chi connectivity index (χ1) is 13.5. The number of anilines is 1. The molecule has 0 atom stereocenters. The monoisotopic (exact) mass is 434 g/mol. The Morgan fingerprint density at radius 2 is 2.00 bits per heavy atom. The van der Waals surface area contributed by atoms with E-state index in [9.17, 15) is 9.59 Å². The van der Waals surface area contributed by atoms with Crippen molar-refractivity contribution in [1.29, 1.82) is 0 Å². The molecule has 2 heterocycles. The molecule has 1 amide bonds. The van der Waals surface area contributed by atoms with Gasteiger partial charge in [0.2, 0.25) is 0 Å². The average molecular weight is 435 g/mol. The fourth-order valence-electron chi connectivity index (χ4n) is 2.40. The standard InChI is InChI=1S/C19H15ClN2O4S2/c1-2-25-18(24)15-13(11-5-7-12(20)8-6-11)10-28-17(15)22-19(27)21-16(23)14-4-3-9-26-14/h3-10H,2H2,1H3,(H2,21,22,23,27). The third kappa shape index (κ3) is 4.59. The van der Waals surface area contributed by atoms with E-state index in [2.05, 4.69) is 10.6 Å². The zero-order valence-corrected chi connectivity index (χ0v) is 17.0. The molecule has 0 fully saturated rings. The Hall–Kier alpha value is -2.68. The smallest absolute Gasteiger partial charge is 0.341 e. The second-order valence-electron chi connectivity index (χ2n) is 5.47. The van der Waals surface area contributed by atoms with Crippen molar-refractivity contribution in [3.05, 3.63) is 64.4 Å². The number of esters is 1. The van der Waals surface area contributed by atoms with E-state index in [1.807, 2.05) is 17.5 Å². The van der Waals surface area contributed by atoms with E-state index >= 15 is 0 Å². The van der Waals surface area contributed by atoms with Gasteiger partial charge in [0.05, 0.1) is 12.9 Å². The molecule has 0 unspecified atom stereocenters. The van der Waals surface area contributed by atoms with Gasteiger partial charge in [-0.25, -0.2) is 4.79 Å². The van der Waals surface area contributed by atoms with Crippen LogP contribution in [-0.4, -0.2) is 23.6 Å². The van der Waals surface area contributed by atoms with Crippen molar-refractivity contribution in [2.24, 2.45) is 0 Å². The third-order valence-corrected chi connectivity index (χ3v) is 4.98. The minimum atomic E-state index is -0.491. The Morgan fingerprint density at radius 1 is 1.25 bits per heavy atom. The highest BCUT2D eigenvalue weighted by Crippen LogP contribution is 2.36. The molecule has 0 radical (unpaired) electrons. The summed E-state index contributed by atoms with van der Waals surface area (Å²) in [6.45, 7) is 1.96. The van der Waals surface area contributed by atoms with E-state index in [1.54, 1.807) is 25.1 Å². The maximum atomic E-state index is 12.6. The molecule has 6 nitrogen and oxygen atoms in total. The number of hydrogen-bond acceptors (Lipinski definition) is 6. The Labute approximate surface area is 175 Å². The summed E-state index contributed by atoms with van der Waals surface area (Å²) < 4.78 is 10.2. The number of nitrogens with one attached hydrogen (secondary N) is 2. The van der Waals surface area contributed by atoms with Crippen molar-refractivity contribution >= 4 is 57.1 Å². The van der Waals surface area contributed by atoms with Crippen molar-refractivity contribution in [3.63, 3.8) is 0 Å². The predicted octanol–water partition coefficient (Wildman–Crippen LogP) is 4.97. The topological polar surface area (TPSA) is 80.6 Å². The minimum Gasteiger partial charge on any atom is -0.462 e. The fourth-order valence-corrected chi connectivity index (χ4v) is 3.75. The zero-order valence-electron chi connectivity index (χ0n) is 14.7. The first-order valence-electron chi connectivity index (χ1n) is 8.20. The van der Waals surface area contributed by atoms with Crippen LogP contribution in [0.1, 0.15) is 27.8 Å². The number of hydrogen-bond donors (Lipinski definition) is 2. The summed E-state index contributed by atoms with van der Waals surface area (Å²) in [6.07, 6.45) is 1.39. The quantitative estimate of drug-likeness (QED) is 0.436. The number of thiophene rings is 1. The molecule has 2 aromatic heterocycles. The molecule has 3 aromatic rings. The van der Waals surface area contributed by atoms with Crippen LogP contribution in [-0.2, 0) is 4.74 Å². The van der Waals surface area contributed by atoms with Crippen molar-refractivity contribution < 1.29 is 18.7 Å². The van der Waals surface area contributed by atoms with Gasteiger partial charge in [-0.2, -0.15) is 0 Å². The molecule has 9 heteroatoms. The largest absolute Gasteiger partial charge is 0.462 e. The number of amides is 1. The summed E-state index contributed by atoms with van der Waals surface area (Å²) >= 11 is 12.4. The summed E-state index contributed by atoms with van der Waals surface area (Å²) in [5.41, 5.74) is 1.83. The van der Waals surface area contributed by atoms with Crippen LogP contribution in [0.4, 0.5) is 5.00 Å². The van der Waals surface area contributed by atoms with Crippen molar-refractivity contribution in [3.8, 4) is 11.1 Å². The lowest BCUT2D eigenvalue weighted by molar-refractivity contribution is 0.0529. The van der Waals surface area contributed by atoms with Gasteiger partial charge in [-0.15, -0.1) is 11.3 Å². The second kappa shape index (κ2) is 9.01. The lowest BCUT2D eigenvalue weighted by Gasteiger charge is -2.10. The molecule has 0 aliphatic rings. The fraction of sp³-hybridized carbons (Fsp3) is 0.105. The van der Waals surface area contributed by atoms with Gasteiger partial charge in [0, 0.05) is 16.0 Å². The van der Waals surface area contributed by atoms with Gasteiger partial charge in [-0.05, 0) is 49.0 Å². The van der Waals surface area contributed by atoms with E-state index in [0.29, 0.717) is 21.2 Å². The lowest BCUT2D eigenvalue weighted by Crippen LogP contribution is -2.34. The molecule has 28 heavy (non-hydrogen) atoms. The molecule has 0 spiro atoms. The highest BCUT2D eigenvalue weighted by Gasteiger charge is 2.22. The normalized spacial score (nSPS) is 10.4. The Bertz CT molecular complexity index is 998. The van der Waals surface area contributed by atoms with Gasteiger partial charge in [0.25, 0.3) is 5.91 Å². The highest BCUT2D eigenvalue weighted by atomic mass is 35.5. The molecule has 2 N–H and O–H groups in total. The van der Waals surface area contributed by atoms with Crippen LogP contribution in [0.15, 0.2) is 52.5 Å². The summed E-state index contributed by atoms with van der Waals surface area (Å²) in [5, 5.41) is 8.32. The maximum Gasteiger partial charge on any atom is 0.341 e. The van der Waals surface area contributed by atoms with Crippen LogP contribution in [0, 0.1) is 0 Å². The van der Waals surface area contributed by atoms with Gasteiger partial charge < -0.3 is 14.5 Å². The SMILES string of the molecule is CCOC(=O)c1c(-c2ccc(Cl)cc2)csc1NC(=S)NC(=O)c1ccco1. The molecular weight excluding hydrogens is 420 g/mol. The van der Waals surface area contributed by atoms with Gasteiger partial charge in [0.15, 0.2) is 10.9 Å². The average Bonchev–Trinajstić information content (AvgIpc) is 3.32. The van der Waals surface area contributed by atoms with Crippen LogP contribution in [0.3, 0.4) is 0 Å². The molecule has 0 saturated carbocycles. The summed E-state index contributed by atoms with van der Waals surface area (Å²) in [6, 6.07) is 10.2. The maximum absolute atomic E-state index is 12.6. The third-order valence-electron chi connectivity index (χ3n) is 3.62. The Morgan fingerprint density at radius 3 is 2.64 bits per heavy atom. The first-order valence-corrected chi connectivity index (χ1v) is 9.86. The van der Waals surface area contributed by atoms with Crippen LogP contribution in [0.25, 0.3) is 11.1 Å². The van der Waals surface area contributed by atoms with E-state index in [-0.39, 0.29) is 17.5 Å². The number of halogens is 1. The molecule has 0 aliphatic carbocycles. The van der Waals surface area contributed by atoms with Crippen molar-refractivity contribution in [1.82, 2.24) is 5.32 Å². The number of thiocarbonyl (C=S) groups is 1. The molecule has 3 rings (SSSR count). The van der Waals surface area contributed by atoms with Gasteiger partial charge in [0.1, 0.15) is 10.6 Å². The van der Waals surface area contributed by atoms with Crippen LogP contribution in [0.2, 0.25) is 5.02 Å². The minimum absolute atomic E-state index is 0.0384. The van der Waals surface area contributed by atoms with E-state index < -0.39 is 11.9 Å². The predicted molar refractivity (Wildman–Crippen MR) is 113 cm³/mol. The molecule has 0 saturated heterocycles. The highest BCUT2D eigenvalue weighted by molar-refractivity contribution is 7.80. The first kappa shape index (κ1) is 20.1. The van der Waals surface area contributed by atoms with Crippen LogP contribution >= 0.6 is 35.2 Å². The van der Waals surface area contributed by atoms with E-state index in [0.717, 1.165) is 5.56 Å². The zero-order chi connectivity index (χ0) is 20.1. The van der Waals surface area contributed by atoms with Crippen LogP contribution < -0.4 is 10.6 Å². The Kier molecular flexibility index (Phi) is 6.45. The lowest BCUT2D eigenvalue weighted by atomic mass is 10.0. The van der Waals surface area contributed by atoms with E-state index in [4.69, 9.17) is 33.0 Å². The summed E-state index contributed by atoms with van der Waals surface area (Å²) in [5.74, 6) is -0.853. The van der Waals surface area contributed by atoms with Gasteiger partial charge in [-0.1, -0.05) is 23.7 Å². The molecule has 0 bridgehead atoms. The molecule has 1 aromatic carbocycles. The number of rotatable bonds is 5. The summed E-state index contributed by atoms with van der Waals surface area (Å²) in [7, 11) is 0. The van der Waals surface area contributed by atoms with Crippen molar-refractivity contribution in [2.75, 3.05) is 11.9 Å². The summed E-state index contributed by atoms with van der Waals surface area (Å²) in [4.78, 5) is 24.6. The molecular formula is C19H15ClN2O4S2. The van der Waals surface area contributed by atoms with E-state index in [1.165, 1.54) is 23.7 Å². The Balaban J connectivity index is 1.85. The van der Waals surface area contributed by atoms with Gasteiger partial charge in [-0.3, -0.25) is 10.1 Å². The number of carbonyl (C=O) groups is 2. The number of furan rings is 1. The van der Waals surface area contributed by atoms with Crippen molar-refractivity contribution in [2.45, 2.75) is 6.92 Å². The second-order valence-corrected chi connectivity index (χ2v) is 7.19. The van der Waals surface area contributed by atoms with Crippen LogP contribution in [0.5, 0.6) is 0 Å². The number of benzene rings is 1. The molecule has 0 aliphatic heterocycles. The van der Waals surface area contributed by atoms with Gasteiger partial charge >= 0.3 is 5.97 Å². The molecule has 144 valence electrons. The number of ether oxygens (including phenoxy) is 1.